The van der Waals surface area contributed by atoms with E-state index in [1.165, 1.54) is 0 Å². The maximum Gasteiger partial charge on any atom is 0.168 e. The molecule has 0 spiro atoms. The lowest BCUT2D eigenvalue weighted by Gasteiger charge is -2.19. The summed E-state index contributed by atoms with van der Waals surface area (Å²) in [5.41, 5.74) is 5.74. The number of pyridine rings is 1. The molecule has 0 aliphatic rings. The molecule has 0 aliphatic heterocycles. The zero-order valence-corrected chi connectivity index (χ0v) is 18.2. The Labute approximate surface area is 187 Å². The first kappa shape index (κ1) is 20.0. The van der Waals surface area contributed by atoms with E-state index in [2.05, 4.69) is 54.0 Å². The first-order valence-corrected chi connectivity index (χ1v) is 10.8. The lowest BCUT2D eigenvalue weighted by molar-refractivity contribution is 0.111. The number of rotatable bonds is 6. The Balaban J connectivity index is 1.88. The van der Waals surface area contributed by atoms with Crippen LogP contribution >= 0.6 is 0 Å². The maximum absolute atomic E-state index is 11.9. The number of methoxy groups -OCH3 is 1. The summed E-state index contributed by atoms with van der Waals surface area (Å²) < 4.78 is 7.62. The number of carbonyl (C=O) groups is 1. The van der Waals surface area contributed by atoms with Crippen LogP contribution in [0.1, 0.15) is 41.0 Å². The number of hydrogen-bond acceptors (Lipinski definition) is 3. The zero-order valence-electron chi connectivity index (χ0n) is 18.2. The quantitative estimate of drug-likeness (QED) is 0.293. The van der Waals surface area contributed by atoms with E-state index < -0.39 is 0 Å². The third-order valence-electron chi connectivity index (χ3n) is 6.09. The molecule has 0 bridgehead atoms. The van der Waals surface area contributed by atoms with Gasteiger partial charge in [-0.15, -0.1) is 0 Å². The second-order valence-corrected chi connectivity index (χ2v) is 7.87. The predicted octanol–water partition coefficient (Wildman–Crippen LogP) is 6.54. The molecule has 4 nitrogen and oxygen atoms in total. The van der Waals surface area contributed by atoms with E-state index in [1.54, 1.807) is 7.11 Å². The monoisotopic (exact) mass is 420 g/mol. The Morgan fingerprint density at radius 3 is 2.34 bits per heavy atom. The summed E-state index contributed by atoms with van der Waals surface area (Å²) >= 11 is 0. The molecule has 0 radical (unpaired) electrons. The molecule has 0 N–H and O–H groups in total. The summed E-state index contributed by atoms with van der Waals surface area (Å²) in [6.45, 7) is 2.16. The van der Waals surface area contributed by atoms with Crippen molar-refractivity contribution in [2.75, 3.05) is 7.11 Å². The lowest BCUT2D eigenvalue weighted by Crippen LogP contribution is -2.08. The average molecular weight is 421 g/mol. The van der Waals surface area contributed by atoms with Gasteiger partial charge in [-0.25, -0.2) is 4.98 Å². The Morgan fingerprint density at radius 1 is 0.938 bits per heavy atom. The molecule has 0 fully saturated rings. The minimum atomic E-state index is 0.0371. The van der Waals surface area contributed by atoms with Crippen LogP contribution in [0.2, 0.25) is 0 Å². The molecular weight excluding hydrogens is 396 g/mol. The molecule has 2 heterocycles. The van der Waals surface area contributed by atoms with E-state index in [0.717, 1.165) is 57.2 Å². The molecule has 2 aromatic heterocycles. The Morgan fingerprint density at radius 2 is 1.66 bits per heavy atom. The van der Waals surface area contributed by atoms with Crippen molar-refractivity contribution in [2.45, 2.75) is 19.3 Å². The Bertz CT molecular complexity index is 1400. The van der Waals surface area contributed by atoms with Crippen molar-refractivity contribution in [3.8, 4) is 11.4 Å². The number of carbonyl (C=O) groups excluding carboxylic acids is 1. The first-order chi connectivity index (χ1) is 15.7. The van der Waals surface area contributed by atoms with Crippen LogP contribution in [0.3, 0.4) is 0 Å². The van der Waals surface area contributed by atoms with Crippen LogP contribution in [0, 0.1) is 0 Å². The van der Waals surface area contributed by atoms with Crippen molar-refractivity contribution >= 4 is 28.1 Å². The van der Waals surface area contributed by atoms with Crippen LogP contribution in [0.4, 0.5) is 0 Å². The van der Waals surface area contributed by atoms with Crippen molar-refractivity contribution in [3.63, 3.8) is 0 Å². The van der Waals surface area contributed by atoms with Gasteiger partial charge in [0, 0.05) is 22.4 Å². The minimum absolute atomic E-state index is 0.0371. The normalized spacial score (nSPS) is 12.2. The number of nitrogens with zero attached hydrogens (tertiary/aromatic N) is 2. The van der Waals surface area contributed by atoms with Gasteiger partial charge in [-0.05, 0) is 48.4 Å². The SMILES string of the molecule is CCC(c1ccc(OC)cc1)c1nc(C=O)cc2c3ccccc3n(-c3ccccc3)c12. The van der Waals surface area contributed by atoms with Gasteiger partial charge in [0.15, 0.2) is 6.29 Å². The number of benzene rings is 3. The standard InChI is InChI=1S/C28H24N2O2/c1-3-23(19-13-15-22(32-2)16-14-19)27-28-25(17-20(18-31)29-27)24-11-7-8-12-26(24)30(28)21-9-5-4-6-10-21/h4-18,23H,3H2,1-2H3. The molecular formula is C28H24N2O2. The van der Waals surface area contributed by atoms with Gasteiger partial charge < -0.3 is 9.30 Å². The van der Waals surface area contributed by atoms with Gasteiger partial charge in [-0.2, -0.15) is 0 Å². The van der Waals surface area contributed by atoms with Gasteiger partial charge in [-0.1, -0.05) is 55.5 Å². The third-order valence-corrected chi connectivity index (χ3v) is 6.09. The van der Waals surface area contributed by atoms with Crippen molar-refractivity contribution in [1.82, 2.24) is 9.55 Å². The molecule has 158 valence electrons. The summed E-state index contributed by atoms with van der Waals surface area (Å²) in [6, 6.07) is 28.7. The number of para-hydroxylation sites is 2. The molecule has 1 atom stereocenters. The van der Waals surface area contributed by atoms with E-state index in [-0.39, 0.29) is 5.92 Å². The van der Waals surface area contributed by atoms with E-state index in [0.29, 0.717) is 5.69 Å². The van der Waals surface area contributed by atoms with Crippen molar-refractivity contribution < 1.29 is 9.53 Å². The van der Waals surface area contributed by atoms with Gasteiger partial charge in [0.2, 0.25) is 0 Å². The van der Waals surface area contributed by atoms with Crippen LogP contribution in [0.25, 0.3) is 27.5 Å². The minimum Gasteiger partial charge on any atom is -0.497 e. The van der Waals surface area contributed by atoms with Crippen molar-refractivity contribution in [2.24, 2.45) is 0 Å². The van der Waals surface area contributed by atoms with Crippen LogP contribution in [-0.4, -0.2) is 22.9 Å². The fourth-order valence-electron chi connectivity index (χ4n) is 4.61. The molecule has 0 saturated heterocycles. The van der Waals surface area contributed by atoms with Crippen LogP contribution in [0.5, 0.6) is 5.75 Å². The molecule has 0 amide bonds. The molecule has 5 rings (SSSR count). The van der Waals surface area contributed by atoms with Gasteiger partial charge in [0.25, 0.3) is 0 Å². The molecule has 1 unspecified atom stereocenters. The summed E-state index contributed by atoms with van der Waals surface area (Å²) in [6.07, 6.45) is 1.70. The molecule has 4 heteroatoms. The molecule has 0 saturated carbocycles. The first-order valence-electron chi connectivity index (χ1n) is 10.8. The van der Waals surface area contributed by atoms with Crippen molar-refractivity contribution in [1.29, 1.82) is 0 Å². The number of ether oxygens (including phenoxy) is 1. The van der Waals surface area contributed by atoms with Crippen LogP contribution in [-0.2, 0) is 0 Å². The van der Waals surface area contributed by atoms with Crippen LogP contribution in [0.15, 0.2) is 84.9 Å². The summed E-state index contributed by atoms with van der Waals surface area (Å²) in [5.74, 6) is 0.858. The molecule has 32 heavy (non-hydrogen) atoms. The molecule has 5 aromatic rings. The predicted molar refractivity (Wildman–Crippen MR) is 129 cm³/mol. The van der Waals surface area contributed by atoms with Gasteiger partial charge >= 0.3 is 0 Å². The highest BCUT2D eigenvalue weighted by atomic mass is 16.5. The van der Waals surface area contributed by atoms with E-state index in [9.17, 15) is 4.79 Å². The van der Waals surface area contributed by atoms with Crippen LogP contribution < -0.4 is 4.74 Å². The number of fused-ring (bicyclic) bond motifs is 3. The number of aldehydes is 1. The second-order valence-electron chi connectivity index (χ2n) is 7.87. The number of aromatic nitrogens is 2. The summed E-state index contributed by atoms with van der Waals surface area (Å²) in [4.78, 5) is 16.7. The topological polar surface area (TPSA) is 44.1 Å². The highest BCUT2D eigenvalue weighted by Crippen LogP contribution is 2.39. The average Bonchev–Trinajstić information content (AvgIpc) is 3.20. The second kappa shape index (κ2) is 8.31. The highest BCUT2D eigenvalue weighted by molar-refractivity contribution is 6.11. The van der Waals surface area contributed by atoms with Gasteiger partial charge in [0.05, 0.1) is 23.8 Å². The molecule has 3 aromatic carbocycles. The number of hydrogen-bond donors (Lipinski definition) is 0. The summed E-state index contributed by atoms with van der Waals surface area (Å²) in [7, 11) is 1.67. The fraction of sp³-hybridized carbons (Fsp3) is 0.143. The van der Waals surface area contributed by atoms with E-state index in [4.69, 9.17) is 9.72 Å². The van der Waals surface area contributed by atoms with E-state index >= 15 is 0 Å². The summed E-state index contributed by atoms with van der Waals surface area (Å²) in [5, 5.41) is 2.16. The van der Waals surface area contributed by atoms with Gasteiger partial charge in [-0.3, -0.25) is 4.79 Å². The Kier molecular flexibility index (Phi) is 5.20. The Hall–Kier alpha value is -3.92. The third kappa shape index (κ3) is 3.25. The zero-order chi connectivity index (χ0) is 22.1. The molecule has 0 aliphatic carbocycles. The lowest BCUT2D eigenvalue weighted by atomic mass is 9.91. The fourth-order valence-corrected chi connectivity index (χ4v) is 4.61. The van der Waals surface area contributed by atoms with Crippen molar-refractivity contribution in [3.05, 3.63) is 102 Å². The maximum atomic E-state index is 11.9. The smallest absolute Gasteiger partial charge is 0.168 e. The largest absolute Gasteiger partial charge is 0.497 e. The van der Waals surface area contributed by atoms with Gasteiger partial charge in [0.1, 0.15) is 11.4 Å². The highest BCUT2D eigenvalue weighted by Gasteiger charge is 2.23. The van der Waals surface area contributed by atoms with E-state index in [1.807, 2.05) is 42.5 Å².